The standard InChI is InChI=1S/C18H20N2O2/c1-12(19)14-7-8-17-15(11-14)16(9-10-22-17)20-18(21)13-5-3-2-4-6-13/h2-8,11-12,16H,9-10,19H2,1H3,(H,20,21). The third-order valence-electron chi connectivity index (χ3n) is 3.94. The summed E-state index contributed by atoms with van der Waals surface area (Å²) in [6.45, 7) is 2.55. The van der Waals surface area contributed by atoms with Crippen LogP contribution in [0, 0.1) is 0 Å². The minimum atomic E-state index is -0.0651. The molecule has 2 atom stereocenters. The first-order valence-electron chi connectivity index (χ1n) is 7.53. The smallest absolute Gasteiger partial charge is 0.251 e. The third-order valence-corrected chi connectivity index (χ3v) is 3.94. The van der Waals surface area contributed by atoms with Crippen LogP contribution in [-0.2, 0) is 0 Å². The Balaban J connectivity index is 1.85. The second kappa shape index (κ2) is 6.20. The van der Waals surface area contributed by atoms with Gasteiger partial charge in [-0.2, -0.15) is 0 Å². The van der Waals surface area contributed by atoms with E-state index in [0.29, 0.717) is 12.2 Å². The van der Waals surface area contributed by atoms with E-state index < -0.39 is 0 Å². The second-order valence-corrected chi connectivity index (χ2v) is 5.62. The molecule has 1 heterocycles. The van der Waals surface area contributed by atoms with Gasteiger partial charge in [0.25, 0.3) is 5.91 Å². The van der Waals surface area contributed by atoms with Gasteiger partial charge in [0.15, 0.2) is 0 Å². The van der Waals surface area contributed by atoms with Gasteiger partial charge in [0, 0.05) is 23.6 Å². The van der Waals surface area contributed by atoms with Crippen molar-refractivity contribution in [3.63, 3.8) is 0 Å². The fourth-order valence-corrected chi connectivity index (χ4v) is 2.68. The summed E-state index contributed by atoms with van der Waals surface area (Å²) in [5.41, 5.74) is 8.67. The quantitative estimate of drug-likeness (QED) is 0.915. The normalized spacial score (nSPS) is 18.0. The van der Waals surface area contributed by atoms with Crippen LogP contribution in [-0.4, -0.2) is 12.5 Å². The number of ether oxygens (including phenoxy) is 1. The topological polar surface area (TPSA) is 64.3 Å². The van der Waals surface area contributed by atoms with Crippen molar-refractivity contribution in [3.8, 4) is 5.75 Å². The van der Waals surface area contributed by atoms with Gasteiger partial charge in [-0.1, -0.05) is 24.3 Å². The van der Waals surface area contributed by atoms with Crippen molar-refractivity contribution in [1.82, 2.24) is 5.32 Å². The lowest BCUT2D eigenvalue weighted by Gasteiger charge is -2.27. The number of rotatable bonds is 3. The molecular weight excluding hydrogens is 276 g/mol. The number of nitrogens with one attached hydrogen (secondary N) is 1. The average Bonchev–Trinajstić information content (AvgIpc) is 2.55. The van der Waals surface area contributed by atoms with Crippen LogP contribution < -0.4 is 15.8 Å². The highest BCUT2D eigenvalue weighted by molar-refractivity contribution is 5.94. The SMILES string of the molecule is CC(N)c1ccc2c(c1)C(NC(=O)c1ccccc1)CCO2. The molecule has 1 aliphatic heterocycles. The van der Waals surface area contributed by atoms with Crippen molar-refractivity contribution in [2.75, 3.05) is 6.61 Å². The summed E-state index contributed by atoms with van der Waals surface area (Å²) in [4.78, 5) is 12.4. The highest BCUT2D eigenvalue weighted by Gasteiger charge is 2.24. The third kappa shape index (κ3) is 2.97. The molecule has 3 N–H and O–H groups in total. The van der Waals surface area contributed by atoms with E-state index in [2.05, 4.69) is 5.32 Å². The lowest BCUT2D eigenvalue weighted by Crippen LogP contribution is -2.32. The van der Waals surface area contributed by atoms with Gasteiger partial charge >= 0.3 is 0 Å². The molecule has 0 bridgehead atoms. The second-order valence-electron chi connectivity index (χ2n) is 5.62. The molecule has 4 heteroatoms. The molecule has 1 aliphatic rings. The van der Waals surface area contributed by atoms with Crippen LogP contribution in [0.4, 0.5) is 0 Å². The van der Waals surface area contributed by atoms with Crippen LogP contribution in [0.15, 0.2) is 48.5 Å². The molecular formula is C18H20N2O2. The summed E-state index contributed by atoms with van der Waals surface area (Å²) in [6.07, 6.45) is 0.758. The number of carbonyl (C=O) groups excluding carboxylic acids is 1. The minimum Gasteiger partial charge on any atom is -0.493 e. The molecule has 0 saturated carbocycles. The number of benzene rings is 2. The predicted octanol–water partition coefficient (Wildman–Crippen LogP) is 2.96. The molecule has 4 nitrogen and oxygen atoms in total. The van der Waals surface area contributed by atoms with Crippen LogP contribution in [0.1, 0.15) is 46.9 Å². The van der Waals surface area contributed by atoms with E-state index in [9.17, 15) is 4.79 Å². The van der Waals surface area contributed by atoms with Gasteiger partial charge in [0.2, 0.25) is 0 Å². The van der Waals surface area contributed by atoms with Gasteiger partial charge in [-0.25, -0.2) is 0 Å². The minimum absolute atomic E-state index is 0.0438. The Morgan fingerprint density at radius 3 is 2.77 bits per heavy atom. The van der Waals surface area contributed by atoms with Crippen LogP contribution >= 0.6 is 0 Å². The molecule has 0 fully saturated rings. The molecule has 114 valence electrons. The van der Waals surface area contributed by atoms with Crippen molar-refractivity contribution >= 4 is 5.91 Å². The molecule has 22 heavy (non-hydrogen) atoms. The fraction of sp³-hybridized carbons (Fsp3) is 0.278. The zero-order valence-corrected chi connectivity index (χ0v) is 12.6. The summed E-state index contributed by atoms with van der Waals surface area (Å²) < 4.78 is 5.68. The molecule has 0 radical (unpaired) electrons. The lowest BCUT2D eigenvalue weighted by molar-refractivity contribution is 0.0925. The Kier molecular flexibility index (Phi) is 4.11. The number of fused-ring (bicyclic) bond motifs is 1. The van der Waals surface area contributed by atoms with Crippen LogP contribution in [0.25, 0.3) is 0 Å². The number of amides is 1. The first kappa shape index (κ1) is 14.6. The largest absolute Gasteiger partial charge is 0.493 e. The van der Waals surface area contributed by atoms with Gasteiger partial charge in [-0.05, 0) is 36.8 Å². The first-order valence-corrected chi connectivity index (χ1v) is 7.53. The van der Waals surface area contributed by atoms with Crippen molar-refractivity contribution in [3.05, 3.63) is 65.2 Å². The predicted molar refractivity (Wildman–Crippen MR) is 85.8 cm³/mol. The van der Waals surface area contributed by atoms with E-state index in [0.717, 1.165) is 23.3 Å². The summed E-state index contributed by atoms with van der Waals surface area (Å²) in [5, 5.41) is 3.10. The fourth-order valence-electron chi connectivity index (χ4n) is 2.68. The Morgan fingerprint density at radius 2 is 2.05 bits per heavy atom. The van der Waals surface area contributed by atoms with Gasteiger partial charge in [-0.3, -0.25) is 4.79 Å². The number of nitrogens with two attached hydrogens (primary N) is 1. The average molecular weight is 296 g/mol. The van der Waals surface area contributed by atoms with Crippen LogP contribution in [0.2, 0.25) is 0 Å². The molecule has 0 aliphatic carbocycles. The summed E-state index contributed by atoms with van der Waals surface area (Å²) >= 11 is 0. The lowest BCUT2D eigenvalue weighted by atomic mass is 9.96. The van der Waals surface area contributed by atoms with Crippen molar-refractivity contribution in [2.24, 2.45) is 5.73 Å². The van der Waals surface area contributed by atoms with Crippen molar-refractivity contribution in [2.45, 2.75) is 25.4 Å². The van der Waals surface area contributed by atoms with E-state index in [1.807, 2.05) is 55.5 Å². The van der Waals surface area contributed by atoms with E-state index in [1.54, 1.807) is 0 Å². The highest BCUT2D eigenvalue weighted by atomic mass is 16.5. The number of carbonyl (C=O) groups is 1. The number of hydrogen-bond donors (Lipinski definition) is 2. The molecule has 2 unspecified atom stereocenters. The molecule has 0 saturated heterocycles. The maximum Gasteiger partial charge on any atom is 0.251 e. The van der Waals surface area contributed by atoms with E-state index in [4.69, 9.17) is 10.5 Å². The molecule has 3 rings (SSSR count). The molecule has 2 aromatic rings. The Hall–Kier alpha value is -2.33. The Morgan fingerprint density at radius 1 is 1.27 bits per heavy atom. The monoisotopic (exact) mass is 296 g/mol. The number of hydrogen-bond acceptors (Lipinski definition) is 3. The Labute approximate surface area is 130 Å². The van der Waals surface area contributed by atoms with Crippen molar-refractivity contribution < 1.29 is 9.53 Å². The first-order chi connectivity index (χ1) is 10.6. The van der Waals surface area contributed by atoms with Gasteiger partial charge in [0.1, 0.15) is 5.75 Å². The Bertz CT molecular complexity index is 668. The zero-order valence-electron chi connectivity index (χ0n) is 12.6. The maximum atomic E-state index is 12.4. The summed E-state index contributed by atoms with van der Waals surface area (Å²) in [5.74, 6) is 0.763. The molecule has 0 aromatic heterocycles. The van der Waals surface area contributed by atoms with E-state index in [1.165, 1.54) is 0 Å². The van der Waals surface area contributed by atoms with Gasteiger partial charge in [-0.15, -0.1) is 0 Å². The summed E-state index contributed by atoms with van der Waals surface area (Å²) in [6, 6.07) is 15.1. The molecule has 2 aromatic carbocycles. The zero-order chi connectivity index (χ0) is 15.5. The highest BCUT2D eigenvalue weighted by Crippen LogP contribution is 2.34. The van der Waals surface area contributed by atoms with Gasteiger partial charge < -0.3 is 15.8 Å². The van der Waals surface area contributed by atoms with Crippen molar-refractivity contribution in [1.29, 1.82) is 0 Å². The maximum absolute atomic E-state index is 12.4. The molecule has 0 spiro atoms. The van der Waals surface area contributed by atoms with E-state index >= 15 is 0 Å². The van der Waals surface area contributed by atoms with Crippen LogP contribution in [0.5, 0.6) is 5.75 Å². The van der Waals surface area contributed by atoms with Gasteiger partial charge in [0.05, 0.1) is 12.6 Å². The summed E-state index contributed by atoms with van der Waals surface area (Å²) in [7, 11) is 0. The van der Waals surface area contributed by atoms with Crippen LogP contribution in [0.3, 0.4) is 0 Å². The molecule has 1 amide bonds. The van der Waals surface area contributed by atoms with E-state index in [-0.39, 0.29) is 18.0 Å².